The predicted molar refractivity (Wildman–Crippen MR) is 88.9 cm³/mol. The first-order valence-corrected chi connectivity index (χ1v) is 9.74. The van der Waals surface area contributed by atoms with Crippen LogP contribution in [0.25, 0.3) is 0 Å². The molecule has 0 bridgehead atoms. The van der Waals surface area contributed by atoms with Crippen LogP contribution >= 0.6 is 42.6 Å². The van der Waals surface area contributed by atoms with Gasteiger partial charge in [-0.3, -0.25) is 4.52 Å². The predicted octanol–water partition coefficient (Wildman–Crippen LogP) is 5.47. The van der Waals surface area contributed by atoms with E-state index < -0.39 is 17.2 Å². The maximum atomic E-state index is 11.4. The molecular weight excluding hydrogens is 357 g/mol. The van der Waals surface area contributed by atoms with Gasteiger partial charge in [0.15, 0.2) is 3.79 Å². The highest BCUT2D eigenvalue weighted by Crippen LogP contribution is 2.48. The lowest BCUT2D eigenvalue weighted by Gasteiger charge is -2.37. The molecule has 128 valence electrons. The van der Waals surface area contributed by atoms with Crippen molar-refractivity contribution in [3.8, 4) is 0 Å². The van der Waals surface area contributed by atoms with Crippen LogP contribution in [0.15, 0.2) is 0 Å². The van der Waals surface area contributed by atoms with Gasteiger partial charge >= 0.3 is 7.82 Å². The normalized spacial score (nSPS) is 14.2. The van der Waals surface area contributed by atoms with Gasteiger partial charge in [0.2, 0.25) is 0 Å². The van der Waals surface area contributed by atoms with Crippen molar-refractivity contribution in [1.82, 2.24) is 0 Å². The molecule has 0 aliphatic rings. The Hall–Kier alpha value is 0.980. The number of phosphoric ester groups is 1. The molecule has 0 aliphatic heterocycles. The van der Waals surface area contributed by atoms with E-state index in [0.29, 0.717) is 32.1 Å². The Morgan fingerprint density at radius 1 is 1.00 bits per heavy atom. The first-order valence-electron chi connectivity index (χ1n) is 7.08. The second kappa shape index (κ2) is 8.73. The number of phosphoric acid groups is 1. The summed E-state index contributed by atoms with van der Waals surface area (Å²) in [6.07, 6.45) is 2.39. The van der Waals surface area contributed by atoms with Gasteiger partial charge in [0.1, 0.15) is 0 Å². The smallest absolute Gasteiger partial charge is 0.303 e. The van der Waals surface area contributed by atoms with Gasteiger partial charge in [0.05, 0.1) is 5.60 Å². The third-order valence-electron chi connectivity index (χ3n) is 2.97. The van der Waals surface area contributed by atoms with Crippen LogP contribution in [0, 0.1) is 11.8 Å². The summed E-state index contributed by atoms with van der Waals surface area (Å²) in [5.41, 5.74) is -0.892. The minimum Gasteiger partial charge on any atom is -0.303 e. The Morgan fingerprint density at radius 3 is 1.71 bits per heavy atom. The topological polar surface area (TPSA) is 66.8 Å². The molecule has 0 amide bonds. The largest absolute Gasteiger partial charge is 0.470 e. The molecule has 0 aromatic rings. The monoisotopic (exact) mass is 382 g/mol. The zero-order valence-electron chi connectivity index (χ0n) is 13.0. The Labute approximate surface area is 142 Å². The molecule has 21 heavy (non-hydrogen) atoms. The van der Waals surface area contributed by atoms with Crippen LogP contribution in [0.2, 0.25) is 0 Å². The summed E-state index contributed by atoms with van der Waals surface area (Å²) < 4.78 is 15.2. The third-order valence-corrected chi connectivity index (χ3v) is 4.16. The van der Waals surface area contributed by atoms with Crippen LogP contribution in [0.1, 0.15) is 59.8 Å². The fourth-order valence-electron chi connectivity index (χ4n) is 2.76. The van der Waals surface area contributed by atoms with Gasteiger partial charge in [-0.1, -0.05) is 62.5 Å². The summed E-state index contributed by atoms with van der Waals surface area (Å²) in [5.74, 6) is 0.478. The van der Waals surface area contributed by atoms with E-state index in [1.807, 2.05) is 27.7 Å². The van der Waals surface area contributed by atoms with Crippen molar-refractivity contribution >= 4 is 42.6 Å². The van der Waals surface area contributed by atoms with E-state index in [2.05, 4.69) is 0 Å². The van der Waals surface area contributed by atoms with Crippen molar-refractivity contribution in [2.45, 2.75) is 69.2 Å². The molecule has 0 atom stereocenters. The Morgan fingerprint density at radius 2 is 1.43 bits per heavy atom. The summed E-state index contributed by atoms with van der Waals surface area (Å²) >= 11 is 17.2. The number of halogens is 3. The highest BCUT2D eigenvalue weighted by molar-refractivity contribution is 7.46. The van der Waals surface area contributed by atoms with Gasteiger partial charge in [0, 0.05) is 0 Å². The van der Waals surface area contributed by atoms with Crippen molar-refractivity contribution in [2.75, 3.05) is 0 Å². The van der Waals surface area contributed by atoms with Crippen molar-refractivity contribution in [3.63, 3.8) is 0 Å². The van der Waals surface area contributed by atoms with Crippen molar-refractivity contribution < 1.29 is 18.9 Å². The summed E-state index contributed by atoms with van der Waals surface area (Å²) in [7, 11) is -4.58. The fraction of sp³-hybridized carbons (Fsp3) is 1.00. The summed E-state index contributed by atoms with van der Waals surface area (Å²) in [6, 6.07) is 0. The van der Waals surface area contributed by atoms with E-state index in [-0.39, 0.29) is 11.8 Å². The molecular formula is C13H26Cl3O4P. The molecule has 0 spiro atoms. The molecule has 0 rings (SSSR count). The molecule has 0 radical (unpaired) electrons. The lowest BCUT2D eigenvalue weighted by atomic mass is 9.81. The van der Waals surface area contributed by atoms with Gasteiger partial charge in [-0.05, 0) is 43.9 Å². The van der Waals surface area contributed by atoms with Crippen LogP contribution in [0.3, 0.4) is 0 Å². The summed E-state index contributed by atoms with van der Waals surface area (Å²) in [6.45, 7) is 7.97. The average Bonchev–Trinajstić information content (AvgIpc) is 2.08. The number of alkyl halides is 3. The van der Waals surface area contributed by atoms with Gasteiger partial charge in [-0.25, -0.2) is 4.57 Å². The van der Waals surface area contributed by atoms with E-state index in [4.69, 9.17) is 39.3 Å². The van der Waals surface area contributed by atoms with Crippen LogP contribution in [-0.2, 0) is 9.09 Å². The molecule has 0 heterocycles. The molecule has 0 aromatic carbocycles. The number of hydrogen-bond donors (Lipinski definition) is 2. The second-order valence-corrected chi connectivity index (χ2v) is 10.1. The van der Waals surface area contributed by atoms with E-state index in [0.717, 1.165) is 0 Å². The third kappa shape index (κ3) is 12.1. The minimum atomic E-state index is -4.58. The Bertz CT molecular complexity index is 340. The van der Waals surface area contributed by atoms with E-state index in [1.165, 1.54) is 0 Å². The van der Waals surface area contributed by atoms with E-state index in [1.54, 1.807) is 0 Å². The SMILES string of the molecule is CC(C)CC(CCCC(Cl)(Cl)Cl)(CC(C)C)OP(=O)(O)O. The average molecular weight is 384 g/mol. The van der Waals surface area contributed by atoms with E-state index in [9.17, 15) is 14.4 Å². The lowest BCUT2D eigenvalue weighted by Crippen LogP contribution is -2.35. The quantitative estimate of drug-likeness (QED) is 0.409. The molecule has 0 saturated heterocycles. The standard InChI is InChI=1S/C13H26Cl3O4P/c1-10(2)8-12(9-11(3)4,20-21(17,18)19)6-5-7-13(14,15)16/h10-11H,5-9H2,1-4H3,(H2,17,18,19). The lowest BCUT2D eigenvalue weighted by molar-refractivity contribution is -0.00881. The van der Waals surface area contributed by atoms with Gasteiger partial charge < -0.3 is 9.79 Å². The van der Waals surface area contributed by atoms with Gasteiger partial charge in [-0.15, -0.1) is 0 Å². The van der Waals surface area contributed by atoms with Crippen molar-refractivity contribution in [3.05, 3.63) is 0 Å². The Balaban J connectivity index is 5.10. The van der Waals surface area contributed by atoms with E-state index >= 15 is 0 Å². The maximum absolute atomic E-state index is 11.4. The highest BCUT2D eigenvalue weighted by atomic mass is 35.6. The Kier molecular flexibility index (Phi) is 9.13. The molecule has 4 nitrogen and oxygen atoms in total. The molecule has 8 heteroatoms. The first kappa shape index (κ1) is 22.0. The zero-order chi connectivity index (χ0) is 16.9. The zero-order valence-corrected chi connectivity index (χ0v) is 16.1. The number of rotatable bonds is 9. The van der Waals surface area contributed by atoms with Gasteiger partial charge in [0.25, 0.3) is 0 Å². The number of hydrogen-bond acceptors (Lipinski definition) is 2. The molecule has 0 fully saturated rings. The highest BCUT2D eigenvalue weighted by Gasteiger charge is 2.39. The van der Waals surface area contributed by atoms with Gasteiger partial charge in [-0.2, -0.15) is 0 Å². The first-order chi connectivity index (χ1) is 9.25. The van der Waals surface area contributed by atoms with Crippen LogP contribution in [0.4, 0.5) is 0 Å². The molecule has 0 aromatic heterocycles. The minimum absolute atomic E-state index is 0.239. The van der Waals surface area contributed by atoms with Crippen LogP contribution in [-0.4, -0.2) is 19.2 Å². The molecule has 0 unspecified atom stereocenters. The molecule has 0 saturated carbocycles. The fourth-order valence-corrected chi connectivity index (χ4v) is 3.90. The molecule has 0 aliphatic carbocycles. The second-order valence-electron chi connectivity index (χ2n) is 6.43. The van der Waals surface area contributed by atoms with Crippen molar-refractivity contribution in [1.29, 1.82) is 0 Å². The van der Waals surface area contributed by atoms with Crippen molar-refractivity contribution in [2.24, 2.45) is 11.8 Å². The van der Waals surface area contributed by atoms with Crippen LogP contribution < -0.4 is 0 Å². The molecule has 2 N–H and O–H groups in total. The van der Waals surface area contributed by atoms with Crippen LogP contribution in [0.5, 0.6) is 0 Å². The maximum Gasteiger partial charge on any atom is 0.470 e. The summed E-state index contributed by atoms with van der Waals surface area (Å²) in [4.78, 5) is 18.5. The summed E-state index contributed by atoms with van der Waals surface area (Å²) in [5, 5.41) is 0.